The van der Waals surface area contributed by atoms with Crippen LogP contribution < -0.4 is 5.32 Å². The van der Waals surface area contributed by atoms with E-state index in [1.165, 1.54) is 36.0 Å². The molecule has 1 aromatic heterocycles. The van der Waals surface area contributed by atoms with Crippen molar-refractivity contribution in [2.24, 2.45) is 0 Å². The van der Waals surface area contributed by atoms with Gasteiger partial charge in [-0.15, -0.1) is 10.2 Å². The molecule has 0 saturated heterocycles. The van der Waals surface area contributed by atoms with Gasteiger partial charge in [0.2, 0.25) is 5.91 Å². The summed E-state index contributed by atoms with van der Waals surface area (Å²) in [6.07, 6.45) is -2.56. The van der Waals surface area contributed by atoms with Crippen LogP contribution in [0.15, 0.2) is 71.9 Å². The summed E-state index contributed by atoms with van der Waals surface area (Å²) in [4.78, 5) is 12.5. The summed E-state index contributed by atoms with van der Waals surface area (Å²) in [5, 5.41) is 22.2. The summed E-state index contributed by atoms with van der Waals surface area (Å²) >= 11 is 1.19. The molecule has 2 N–H and O–H groups in total. The van der Waals surface area contributed by atoms with Crippen molar-refractivity contribution in [3.05, 3.63) is 83.4 Å². The first-order valence-electron chi connectivity index (χ1n) is 10.5. The van der Waals surface area contributed by atoms with Crippen LogP contribution in [0.25, 0.3) is 17.1 Å². The lowest BCUT2D eigenvalue weighted by Crippen LogP contribution is -2.14. The van der Waals surface area contributed by atoms with Crippen LogP contribution in [-0.2, 0) is 4.79 Å². The molecule has 4 rings (SSSR count). The second-order valence-electron chi connectivity index (χ2n) is 7.71. The number of aryl methyl sites for hydroxylation is 2. The number of aromatic hydroxyl groups is 1. The molecule has 1 heterocycles. The largest absolute Gasteiger partial charge is 0.507 e. The number of hydrogen-bond acceptors (Lipinski definition) is 5. The van der Waals surface area contributed by atoms with Gasteiger partial charge < -0.3 is 10.4 Å². The number of hydrogen-bond donors (Lipinski definition) is 2. The molecule has 34 heavy (non-hydrogen) atoms. The topological polar surface area (TPSA) is 80.0 Å². The number of phenolic OH excluding ortho intramolecular Hbond substituents is 1. The van der Waals surface area contributed by atoms with E-state index in [1.807, 2.05) is 36.6 Å². The van der Waals surface area contributed by atoms with E-state index >= 15 is 0 Å². The number of anilines is 1. The number of carbonyl (C=O) groups is 1. The number of rotatable bonds is 7. The van der Waals surface area contributed by atoms with Gasteiger partial charge in [0, 0.05) is 11.3 Å². The molecular weight excluding hydrogens is 458 g/mol. The van der Waals surface area contributed by atoms with Gasteiger partial charge in [-0.25, -0.2) is 8.78 Å². The maximum Gasteiger partial charge on any atom is 0.263 e. The minimum absolute atomic E-state index is 0.0282. The number of halogens is 2. The van der Waals surface area contributed by atoms with Crippen LogP contribution in [0.1, 0.15) is 23.1 Å². The fraction of sp³-hybridized carbons (Fsp3) is 0.160. The van der Waals surface area contributed by atoms with Crippen molar-refractivity contribution >= 4 is 23.4 Å². The van der Waals surface area contributed by atoms with Crippen LogP contribution in [0.5, 0.6) is 5.75 Å². The first kappa shape index (κ1) is 23.4. The smallest absolute Gasteiger partial charge is 0.263 e. The average molecular weight is 481 g/mol. The molecule has 0 atom stereocenters. The van der Waals surface area contributed by atoms with Gasteiger partial charge in [0.05, 0.1) is 17.0 Å². The maximum atomic E-state index is 12.7. The molecule has 174 valence electrons. The van der Waals surface area contributed by atoms with Gasteiger partial charge in [-0.05, 0) is 49.7 Å². The molecule has 0 aliphatic heterocycles. The SMILES string of the molecule is Cc1ccc(-n2c(SCC(=O)Nc3ccc(C(F)F)cc3)nnc2-c2ccccc2O)c(C)c1. The first-order chi connectivity index (χ1) is 16.3. The predicted octanol–water partition coefficient (Wildman–Crippen LogP) is 5.93. The quantitative estimate of drug-likeness (QED) is 0.321. The van der Waals surface area contributed by atoms with Crippen LogP contribution in [-0.4, -0.2) is 31.5 Å². The van der Waals surface area contributed by atoms with Crippen molar-refractivity contribution in [3.63, 3.8) is 0 Å². The van der Waals surface area contributed by atoms with E-state index in [9.17, 15) is 18.7 Å². The van der Waals surface area contributed by atoms with E-state index in [-0.39, 0.29) is 23.0 Å². The van der Waals surface area contributed by atoms with E-state index in [0.717, 1.165) is 16.8 Å². The van der Waals surface area contributed by atoms with Gasteiger partial charge in [0.15, 0.2) is 11.0 Å². The highest BCUT2D eigenvalue weighted by Gasteiger charge is 2.20. The lowest BCUT2D eigenvalue weighted by atomic mass is 10.1. The minimum Gasteiger partial charge on any atom is -0.507 e. The highest BCUT2D eigenvalue weighted by atomic mass is 32.2. The second-order valence-corrected chi connectivity index (χ2v) is 8.65. The van der Waals surface area contributed by atoms with E-state index in [4.69, 9.17) is 0 Å². The number of amides is 1. The minimum atomic E-state index is -2.56. The van der Waals surface area contributed by atoms with Crippen molar-refractivity contribution in [2.45, 2.75) is 25.4 Å². The maximum absolute atomic E-state index is 12.7. The molecule has 0 unspecified atom stereocenters. The van der Waals surface area contributed by atoms with E-state index in [2.05, 4.69) is 15.5 Å². The van der Waals surface area contributed by atoms with Gasteiger partial charge >= 0.3 is 0 Å². The van der Waals surface area contributed by atoms with Gasteiger partial charge in [-0.2, -0.15) is 0 Å². The standard InChI is InChI=1S/C25H22F2N4O2S/c1-15-7-12-20(16(2)13-15)31-24(19-5-3-4-6-21(19)32)29-30-25(31)34-14-22(33)28-18-10-8-17(9-11-18)23(26)27/h3-13,23,32H,14H2,1-2H3,(H,28,33). The summed E-state index contributed by atoms with van der Waals surface area (Å²) < 4.78 is 27.3. The molecule has 9 heteroatoms. The second kappa shape index (κ2) is 10.0. The Bertz CT molecular complexity index is 1320. The first-order valence-corrected chi connectivity index (χ1v) is 11.4. The van der Waals surface area contributed by atoms with Crippen molar-refractivity contribution in [1.82, 2.24) is 14.8 Å². The van der Waals surface area contributed by atoms with Crippen molar-refractivity contribution in [1.29, 1.82) is 0 Å². The summed E-state index contributed by atoms with van der Waals surface area (Å²) in [6, 6.07) is 18.3. The summed E-state index contributed by atoms with van der Waals surface area (Å²) in [5.74, 6) is 0.243. The molecular formula is C25H22F2N4O2S. The third-order valence-corrected chi connectivity index (χ3v) is 6.08. The zero-order chi connectivity index (χ0) is 24.2. The lowest BCUT2D eigenvalue weighted by molar-refractivity contribution is -0.113. The lowest BCUT2D eigenvalue weighted by Gasteiger charge is -2.14. The van der Waals surface area contributed by atoms with Crippen LogP contribution in [0.4, 0.5) is 14.5 Å². The molecule has 0 aliphatic carbocycles. The Morgan fingerprint density at radius 3 is 2.47 bits per heavy atom. The molecule has 0 saturated carbocycles. The van der Waals surface area contributed by atoms with E-state index < -0.39 is 6.43 Å². The number of phenols is 1. The monoisotopic (exact) mass is 480 g/mol. The average Bonchev–Trinajstić information content (AvgIpc) is 3.22. The highest BCUT2D eigenvalue weighted by Crippen LogP contribution is 2.33. The number of nitrogens with one attached hydrogen (secondary N) is 1. The summed E-state index contributed by atoms with van der Waals surface area (Å²) in [5.41, 5.74) is 3.77. The van der Waals surface area contributed by atoms with Crippen molar-refractivity contribution in [2.75, 3.05) is 11.1 Å². The fourth-order valence-electron chi connectivity index (χ4n) is 3.51. The number of para-hydroxylation sites is 1. The molecule has 3 aromatic carbocycles. The van der Waals surface area contributed by atoms with Crippen LogP contribution >= 0.6 is 11.8 Å². The van der Waals surface area contributed by atoms with Crippen molar-refractivity contribution in [3.8, 4) is 22.8 Å². The number of nitrogens with zero attached hydrogens (tertiary/aromatic N) is 3. The molecule has 4 aromatic rings. The van der Waals surface area contributed by atoms with Gasteiger partial charge in [-0.1, -0.05) is 53.7 Å². The van der Waals surface area contributed by atoms with Gasteiger partial charge in [0.1, 0.15) is 5.75 Å². The Kier molecular flexibility index (Phi) is 6.93. The number of benzene rings is 3. The van der Waals surface area contributed by atoms with Crippen LogP contribution in [0, 0.1) is 13.8 Å². The predicted molar refractivity (Wildman–Crippen MR) is 129 cm³/mol. The number of carbonyl (C=O) groups excluding carboxylic acids is 1. The van der Waals surface area contributed by atoms with E-state index in [1.54, 1.807) is 24.3 Å². The zero-order valence-electron chi connectivity index (χ0n) is 18.5. The third-order valence-electron chi connectivity index (χ3n) is 5.15. The van der Waals surface area contributed by atoms with E-state index in [0.29, 0.717) is 22.2 Å². The Morgan fingerprint density at radius 2 is 1.79 bits per heavy atom. The summed E-state index contributed by atoms with van der Waals surface area (Å²) in [7, 11) is 0. The molecule has 0 bridgehead atoms. The molecule has 0 fully saturated rings. The normalized spacial score (nSPS) is 11.1. The molecule has 0 spiro atoms. The Hall–Kier alpha value is -3.72. The van der Waals surface area contributed by atoms with Gasteiger partial charge in [-0.3, -0.25) is 9.36 Å². The Labute approximate surface area is 199 Å². The summed E-state index contributed by atoms with van der Waals surface area (Å²) in [6.45, 7) is 3.97. The molecule has 1 amide bonds. The number of thioether (sulfide) groups is 1. The van der Waals surface area contributed by atoms with Crippen LogP contribution in [0.3, 0.4) is 0 Å². The highest BCUT2D eigenvalue weighted by molar-refractivity contribution is 7.99. The molecule has 0 radical (unpaired) electrons. The number of alkyl halides is 2. The van der Waals surface area contributed by atoms with Crippen LogP contribution in [0.2, 0.25) is 0 Å². The third kappa shape index (κ3) is 5.09. The number of aromatic nitrogens is 3. The molecule has 0 aliphatic rings. The Balaban J connectivity index is 1.60. The van der Waals surface area contributed by atoms with Gasteiger partial charge in [0.25, 0.3) is 6.43 Å². The Morgan fingerprint density at radius 1 is 1.06 bits per heavy atom. The molecule has 6 nitrogen and oxygen atoms in total. The van der Waals surface area contributed by atoms with Crippen molar-refractivity contribution < 1.29 is 18.7 Å². The zero-order valence-corrected chi connectivity index (χ0v) is 19.3. The fourth-order valence-corrected chi connectivity index (χ4v) is 4.26.